The highest BCUT2D eigenvalue weighted by molar-refractivity contribution is 5.92. The summed E-state index contributed by atoms with van der Waals surface area (Å²) in [5.74, 6) is 0.457. The Morgan fingerprint density at radius 3 is 2.71 bits per heavy atom. The van der Waals surface area contributed by atoms with E-state index in [0.29, 0.717) is 11.4 Å². The fraction of sp³-hybridized carbons (Fsp3) is 0.125. The first-order valence-electron chi connectivity index (χ1n) is 6.55. The van der Waals surface area contributed by atoms with E-state index < -0.39 is 0 Å². The molecule has 0 saturated heterocycles. The van der Waals surface area contributed by atoms with Crippen LogP contribution in [-0.4, -0.2) is 15.2 Å². The van der Waals surface area contributed by atoms with Crippen molar-refractivity contribution in [2.45, 2.75) is 13.8 Å². The van der Waals surface area contributed by atoms with Crippen LogP contribution in [0, 0.1) is 25.2 Å². The Hall–Kier alpha value is -3.00. The Bertz CT molecular complexity index is 859. The molecule has 5 nitrogen and oxygen atoms in total. The van der Waals surface area contributed by atoms with Gasteiger partial charge in [-0.05, 0) is 31.5 Å². The zero-order chi connectivity index (χ0) is 14.8. The lowest BCUT2D eigenvalue weighted by molar-refractivity contribution is 0.961. The quantitative estimate of drug-likeness (QED) is 0.777. The SMILES string of the molecule is Cc1nnc(Nc2cccc3cccnc23)c(C#N)c1C. The minimum atomic E-state index is 0.457. The topological polar surface area (TPSA) is 74.5 Å². The second-order valence-electron chi connectivity index (χ2n) is 4.75. The first-order valence-corrected chi connectivity index (χ1v) is 6.55. The van der Waals surface area contributed by atoms with Gasteiger partial charge in [-0.2, -0.15) is 10.4 Å². The fourth-order valence-electron chi connectivity index (χ4n) is 2.17. The summed E-state index contributed by atoms with van der Waals surface area (Å²) >= 11 is 0. The van der Waals surface area contributed by atoms with Gasteiger partial charge in [0.15, 0.2) is 5.82 Å². The summed E-state index contributed by atoms with van der Waals surface area (Å²) in [7, 11) is 0. The first-order chi connectivity index (χ1) is 10.2. The lowest BCUT2D eigenvalue weighted by Gasteiger charge is -2.11. The van der Waals surface area contributed by atoms with E-state index in [1.54, 1.807) is 6.20 Å². The van der Waals surface area contributed by atoms with Crippen molar-refractivity contribution in [3.05, 3.63) is 53.3 Å². The van der Waals surface area contributed by atoms with Gasteiger partial charge >= 0.3 is 0 Å². The number of nitrogens with one attached hydrogen (secondary N) is 1. The Morgan fingerprint density at radius 1 is 1.10 bits per heavy atom. The summed E-state index contributed by atoms with van der Waals surface area (Å²) in [4.78, 5) is 4.38. The summed E-state index contributed by atoms with van der Waals surface area (Å²) in [5, 5.41) is 21.7. The molecule has 3 rings (SSSR count). The van der Waals surface area contributed by atoms with Crippen molar-refractivity contribution in [2.24, 2.45) is 0 Å². The Labute approximate surface area is 122 Å². The van der Waals surface area contributed by atoms with Crippen LogP contribution in [0.2, 0.25) is 0 Å². The number of nitriles is 1. The average molecular weight is 275 g/mol. The number of benzene rings is 1. The molecule has 21 heavy (non-hydrogen) atoms. The number of aryl methyl sites for hydroxylation is 1. The molecule has 0 amide bonds. The van der Waals surface area contributed by atoms with Gasteiger partial charge in [-0.3, -0.25) is 4.98 Å². The molecule has 0 aliphatic heterocycles. The second-order valence-corrected chi connectivity index (χ2v) is 4.75. The van der Waals surface area contributed by atoms with Gasteiger partial charge in [0.1, 0.15) is 11.6 Å². The standard InChI is InChI=1S/C16H13N5/c1-10-11(2)20-21-16(13(10)9-17)19-14-7-3-5-12-6-4-8-18-15(12)14/h3-8H,1-2H3,(H,19,21). The number of anilines is 2. The van der Waals surface area contributed by atoms with Gasteiger partial charge in [0, 0.05) is 11.6 Å². The zero-order valence-corrected chi connectivity index (χ0v) is 11.8. The monoisotopic (exact) mass is 275 g/mol. The lowest BCUT2D eigenvalue weighted by atomic mass is 10.1. The normalized spacial score (nSPS) is 10.3. The summed E-state index contributed by atoms with van der Waals surface area (Å²) in [6, 6.07) is 11.9. The van der Waals surface area contributed by atoms with Crippen LogP contribution in [0.1, 0.15) is 16.8 Å². The number of hydrogen-bond acceptors (Lipinski definition) is 5. The molecule has 2 heterocycles. The molecule has 2 aromatic heterocycles. The molecule has 102 valence electrons. The summed E-state index contributed by atoms with van der Waals surface area (Å²) in [5.41, 5.74) is 3.75. The Morgan fingerprint density at radius 2 is 1.90 bits per heavy atom. The van der Waals surface area contributed by atoms with Crippen molar-refractivity contribution in [3.8, 4) is 6.07 Å². The molecule has 0 unspecified atom stereocenters. The molecule has 0 saturated carbocycles. The maximum absolute atomic E-state index is 9.34. The number of para-hydroxylation sites is 1. The second kappa shape index (κ2) is 5.17. The molecule has 0 aliphatic rings. The predicted molar refractivity (Wildman–Crippen MR) is 81.2 cm³/mol. The van der Waals surface area contributed by atoms with Crippen molar-refractivity contribution < 1.29 is 0 Å². The zero-order valence-electron chi connectivity index (χ0n) is 11.8. The van der Waals surface area contributed by atoms with Crippen LogP contribution in [0.15, 0.2) is 36.5 Å². The van der Waals surface area contributed by atoms with Crippen LogP contribution < -0.4 is 5.32 Å². The van der Waals surface area contributed by atoms with Crippen LogP contribution in [0.4, 0.5) is 11.5 Å². The Balaban J connectivity index is 2.12. The van der Waals surface area contributed by atoms with Gasteiger partial charge in [0.05, 0.1) is 16.9 Å². The van der Waals surface area contributed by atoms with Gasteiger partial charge in [-0.15, -0.1) is 5.10 Å². The molecule has 5 heteroatoms. The smallest absolute Gasteiger partial charge is 0.171 e. The minimum Gasteiger partial charge on any atom is -0.336 e. The first kappa shape index (κ1) is 13.0. The largest absolute Gasteiger partial charge is 0.336 e. The highest BCUT2D eigenvalue weighted by atomic mass is 15.2. The van der Waals surface area contributed by atoms with E-state index in [1.165, 1.54) is 0 Å². The van der Waals surface area contributed by atoms with E-state index in [-0.39, 0.29) is 0 Å². The molecule has 0 spiro atoms. The highest BCUT2D eigenvalue weighted by Crippen LogP contribution is 2.26. The number of nitrogens with zero attached hydrogens (tertiary/aromatic N) is 4. The maximum atomic E-state index is 9.34. The van der Waals surface area contributed by atoms with Gasteiger partial charge in [0.25, 0.3) is 0 Å². The van der Waals surface area contributed by atoms with Crippen LogP contribution >= 0.6 is 0 Å². The van der Waals surface area contributed by atoms with E-state index in [4.69, 9.17) is 0 Å². The van der Waals surface area contributed by atoms with E-state index in [0.717, 1.165) is 27.8 Å². The molecule has 0 bridgehead atoms. The summed E-state index contributed by atoms with van der Waals surface area (Å²) in [6.07, 6.45) is 1.74. The molecule has 1 N–H and O–H groups in total. The molecule has 3 aromatic rings. The van der Waals surface area contributed by atoms with Crippen LogP contribution in [0.3, 0.4) is 0 Å². The van der Waals surface area contributed by atoms with Crippen LogP contribution in [0.5, 0.6) is 0 Å². The van der Waals surface area contributed by atoms with Crippen molar-refractivity contribution in [1.82, 2.24) is 15.2 Å². The highest BCUT2D eigenvalue weighted by Gasteiger charge is 2.12. The van der Waals surface area contributed by atoms with Gasteiger partial charge in [-0.1, -0.05) is 18.2 Å². The van der Waals surface area contributed by atoms with Gasteiger partial charge < -0.3 is 5.32 Å². The molecule has 0 radical (unpaired) electrons. The van der Waals surface area contributed by atoms with E-state index in [2.05, 4.69) is 26.6 Å². The summed E-state index contributed by atoms with van der Waals surface area (Å²) in [6.45, 7) is 3.71. The van der Waals surface area contributed by atoms with Gasteiger partial charge in [-0.25, -0.2) is 0 Å². The number of aromatic nitrogens is 3. The average Bonchev–Trinajstić information content (AvgIpc) is 2.52. The third-order valence-electron chi connectivity index (χ3n) is 3.45. The third-order valence-corrected chi connectivity index (χ3v) is 3.45. The fourth-order valence-corrected chi connectivity index (χ4v) is 2.17. The van der Waals surface area contributed by atoms with E-state index in [1.807, 2.05) is 44.2 Å². The molecule has 1 aromatic carbocycles. The van der Waals surface area contributed by atoms with Crippen molar-refractivity contribution in [3.63, 3.8) is 0 Å². The van der Waals surface area contributed by atoms with E-state index >= 15 is 0 Å². The number of pyridine rings is 1. The van der Waals surface area contributed by atoms with Crippen LogP contribution in [-0.2, 0) is 0 Å². The molecule has 0 aliphatic carbocycles. The van der Waals surface area contributed by atoms with Crippen molar-refractivity contribution in [1.29, 1.82) is 5.26 Å². The summed E-state index contributed by atoms with van der Waals surface area (Å²) < 4.78 is 0. The van der Waals surface area contributed by atoms with Gasteiger partial charge in [0.2, 0.25) is 0 Å². The number of rotatable bonds is 2. The maximum Gasteiger partial charge on any atom is 0.171 e. The lowest BCUT2D eigenvalue weighted by Crippen LogP contribution is -2.04. The van der Waals surface area contributed by atoms with Crippen molar-refractivity contribution in [2.75, 3.05) is 5.32 Å². The third kappa shape index (κ3) is 2.28. The number of fused-ring (bicyclic) bond motifs is 1. The minimum absolute atomic E-state index is 0.457. The molecule has 0 fully saturated rings. The van der Waals surface area contributed by atoms with Crippen molar-refractivity contribution >= 4 is 22.4 Å². The molecular weight excluding hydrogens is 262 g/mol. The predicted octanol–water partition coefficient (Wildman–Crippen LogP) is 3.26. The number of hydrogen-bond donors (Lipinski definition) is 1. The Kier molecular flexibility index (Phi) is 3.20. The van der Waals surface area contributed by atoms with E-state index in [9.17, 15) is 5.26 Å². The van der Waals surface area contributed by atoms with Crippen LogP contribution in [0.25, 0.3) is 10.9 Å². The molecular formula is C16H13N5. The molecule has 0 atom stereocenters.